The molecular weight excluding hydrogens is 272 g/mol. The van der Waals surface area contributed by atoms with E-state index >= 15 is 0 Å². The number of carbonyl (C=O) groups excluding carboxylic acids is 1. The molecule has 0 atom stereocenters. The molecule has 2 heterocycles. The van der Waals surface area contributed by atoms with Crippen molar-refractivity contribution in [1.29, 1.82) is 0 Å². The molecule has 2 N–H and O–H groups in total. The smallest absolute Gasteiger partial charge is 0.321 e. The molecule has 0 fully saturated rings. The summed E-state index contributed by atoms with van der Waals surface area (Å²) in [6, 6.07) is 4.23. The summed E-state index contributed by atoms with van der Waals surface area (Å²) >= 11 is 5.87. The van der Waals surface area contributed by atoms with Gasteiger partial charge in [-0.05, 0) is 29.5 Å². The highest BCUT2D eigenvalue weighted by Crippen LogP contribution is 2.23. The van der Waals surface area contributed by atoms with Gasteiger partial charge in [0.2, 0.25) is 0 Å². The number of anilines is 1. The monoisotopic (exact) mass is 280 g/mol. The van der Waals surface area contributed by atoms with E-state index in [9.17, 15) is 14.9 Å². The second-order valence-corrected chi connectivity index (χ2v) is 4.12. The van der Waals surface area contributed by atoms with Crippen LogP contribution in [0.2, 0.25) is 5.15 Å². The molecule has 2 rings (SSSR count). The van der Waals surface area contributed by atoms with Gasteiger partial charge in [-0.25, -0.2) is 9.97 Å². The minimum absolute atomic E-state index is 0.0750. The Bertz CT molecular complexity index is 633. The third-order valence-electron chi connectivity index (χ3n) is 2.46. The van der Waals surface area contributed by atoms with Crippen LogP contribution in [0.1, 0.15) is 16.1 Å². The van der Waals surface area contributed by atoms with Gasteiger partial charge in [-0.2, -0.15) is 0 Å². The van der Waals surface area contributed by atoms with Gasteiger partial charge in [-0.3, -0.25) is 4.79 Å². The lowest BCUT2D eigenvalue weighted by atomic mass is 10.2. The number of halogens is 1. The molecule has 0 aliphatic carbocycles. The molecule has 0 aromatic carbocycles. The molecule has 0 aliphatic rings. The number of H-pyrrole nitrogens is 1. The summed E-state index contributed by atoms with van der Waals surface area (Å²) in [5.41, 5.74) is 1.20. The maximum atomic E-state index is 11.9. The normalized spacial score (nSPS) is 10.2. The second kappa shape index (κ2) is 5.07. The lowest BCUT2D eigenvalue weighted by Gasteiger charge is -2.07. The maximum Gasteiger partial charge on any atom is 0.321 e. The highest BCUT2D eigenvalue weighted by Gasteiger charge is 2.17. The summed E-state index contributed by atoms with van der Waals surface area (Å²) < 4.78 is 0. The fourth-order valence-electron chi connectivity index (χ4n) is 1.48. The van der Waals surface area contributed by atoms with E-state index in [1.165, 1.54) is 18.3 Å². The lowest BCUT2D eigenvalue weighted by molar-refractivity contribution is -0.389. The summed E-state index contributed by atoms with van der Waals surface area (Å²) in [4.78, 5) is 28.1. The van der Waals surface area contributed by atoms with Crippen molar-refractivity contribution < 1.29 is 9.72 Å². The quantitative estimate of drug-likeness (QED) is 0.512. The largest absolute Gasteiger partial charge is 0.358 e. The third kappa shape index (κ3) is 2.71. The van der Waals surface area contributed by atoms with Crippen molar-refractivity contribution in [3.8, 4) is 0 Å². The van der Waals surface area contributed by atoms with E-state index in [1.54, 1.807) is 13.0 Å². The lowest BCUT2D eigenvalue weighted by Crippen LogP contribution is -2.14. The molecule has 0 unspecified atom stereocenters. The molecule has 0 spiro atoms. The number of aromatic nitrogens is 2. The summed E-state index contributed by atoms with van der Waals surface area (Å²) in [5.74, 6) is -0.773. The van der Waals surface area contributed by atoms with Crippen LogP contribution in [0.3, 0.4) is 0 Å². The molecule has 2 aromatic heterocycles. The number of nitrogens with zero attached hydrogens (tertiary/aromatic N) is 2. The average Bonchev–Trinajstić information content (AvgIpc) is 2.83. The highest BCUT2D eigenvalue weighted by molar-refractivity contribution is 6.32. The first-order valence-corrected chi connectivity index (χ1v) is 5.62. The van der Waals surface area contributed by atoms with Crippen LogP contribution in [0.25, 0.3) is 0 Å². The Labute approximate surface area is 112 Å². The first-order valence-electron chi connectivity index (χ1n) is 5.25. The molecule has 8 heteroatoms. The van der Waals surface area contributed by atoms with Gasteiger partial charge in [-0.1, -0.05) is 11.6 Å². The van der Waals surface area contributed by atoms with Crippen molar-refractivity contribution in [1.82, 2.24) is 9.97 Å². The highest BCUT2D eigenvalue weighted by atomic mass is 35.5. The SMILES string of the molecule is Cc1ccnc(Cl)c1NC(=O)c1ccc([N+](=O)[O-])[nH]1. The zero-order valence-corrected chi connectivity index (χ0v) is 10.6. The number of aromatic amines is 1. The van der Waals surface area contributed by atoms with Crippen molar-refractivity contribution in [2.45, 2.75) is 6.92 Å². The fraction of sp³-hybridized carbons (Fsp3) is 0.0909. The van der Waals surface area contributed by atoms with Gasteiger partial charge in [0, 0.05) is 12.3 Å². The zero-order chi connectivity index (χ0) is 14.0. The number of aryl methyl sites for hydroxylation is 1. The number of pyridine rings is 1. The Hall–Kier alpha value is -2.41. The number of nitrogens with one attached hydrogen (secondary N) is 2. The van der Waals surface area contributed by atoms with E-state index in [0.717, 1.165) is 5.56 Å². The number of amides is 1. The molecule has 0 bridgehead atoms. The Morgan fingerprint density at radius 2 is 2.21 bits per heavy atom. The second-order valence-electron chi connectivity index (χ2n) is 3.76. The number of hydrogen-bond donors (Lipinski definition) is 2. The van der Waals surface area contributed by atoms with Crippen LogP contribution in [0.5, 0.6) is 0 Å². The van der Waals surface area contributed by atoms with Crippen molar-refractivity contribution in [2.75, 3.05) is 5.32 Å². The van der Waals surface area contributed by atoms with E-state index in [0.29, 0.717) is 5.69 Å². The van der Waals surface area contributed by atoms with Gasteiger partial charge in [0.25, 0.3) is 5.91 Å². The zero-order valence-electron chi connectivity index (χ0n) is 9.81. The number of nitro groups is 1. The van der Waals surface area contributed by atoms with Crippen LogP contribution in [0, 0.1) is 17.0 Å². The average molecular weight is 281 g/mol. The molecule has 0 radical (unpaired) electrons. The van der Waals surface area contributed by atoms with E-state index in [-0.39, 0.29) is 16.7 Å². The van der Waals surface area contributed by atoms with Crippen LogP contribution < -0.4 is 5.32 Å². The Balaban J connectivity index is 2.23. The van der Waals surface area contributed by atoms with Gasteiger partial charge in [0.1, 0.15) is 0 Å². The van der Waals surface area contributed by atoms with E-state index in [4.69, 9.17) is 11.6 Å². The minimum atomic E-state index is -0.612. The predicted molar refractivity (Wildman–Crippen MR) is 69.4 cm³/mol. The minimum Gasteiger partial charge on any atom is -0.358 e. The van der Waals surface area contributed by atoms with Gasteiger partial charge in [0.05, 0.1) is 5.69 Å². The molecule has 7 nitrogen and oxygen atoms in total. The number of hydrogen-bond acceptors (Lipinski definition) is 4. The summed E-state index contributed by atoms with van der Waals surface area (Å²) in [5, 5.41) is 13.2. The van der Waals surface area contributed by atoms with Crippen LogP contribution in [-0.2, 0) is 0 Å². The van der Waals surface area contributed by atoms with E-state index in [2.05, 4.69) is 15.3 Å². The molecule has 1 amide bonds. The van der Waals surface area contributed by atoms with Crippen molar-refractivity contribution in [3.05, 3.63) is 50.9 Å². The van der Waals surface area contributed by atoms with Gasteiger partial charge >= 0.3 is 5.82 Å². The summed E-state index contributed by atoms with van der Waals surface area (Å²) in [6.07, 6.45) is 1.52. The molecule has 19 heavy (non-hydrogen) atoms. The van der Waals surface area contributed by atoms with Crippen LogP contribution in [0.4, 0.5) is 11.5 Å². The first-order chi connectivity index (χ1) is 8.99. The van der Waals surface area contributed by atoms with Gasteiger partial charge in [-0.15, -0.1) is 0 Å². The van der Waals surface area contributed by atoms with Crippen molar-refractivity contribution in [2.24, 2.45) is 0 Å². The predicted octanol–water partition coefficient (Wildman–Crippen LogP) is 2.53. The third-order valence-corrected chi connectivity index (χ3v) is 2.75. The fourth-order valence-corrected chi connectivity index (χ4v) is 1.73. The van der Waals surface area contributed by atoms with Gasteiger partial charge < -0.3 is 15.4 Å². The summed E-state index contributed by atoms with van der Waals surface area (Å²) in [7, 11) is 0. The maximum absolute atomic E-state index is 11.9. The molecule has 98 valence electrons. The molecule has 2 aromatic rings. The Kier molecular flexibility index (Phi) is 3.48. The first kappa shape index (κ1) is 13.0. The number of carbonyl (C=O) groups is 1. The molecule has 0 saturated heterocycles. The molecule has 0 aliphatic heterocycles. The standard InChI is InChI=1S/C11H9ClN4O3/c1-6-4-5-13-10(12)9(6)15-11(17)7-2-3-8(14-7)16(18)19/h2-5,14H,1H3,(H,15,17). The van der Waals surface area contributed by atoms with Crippen LogP contribution in [-0.4, -0.2) is 20.8 Å². The van der Waals surface area contributed by atoms with Crippen LogP contribution in [0.15, 0.2) is 24.4 Å². The van der Waals surface area contributed by atoms with Crippen LogP contribution >= 0.6 is 11.6 Å². The number of rotatable bonds is 3. The molecule has 0 saturated carbocycles. The Morgan fingerprint density at radius 3 is 2.79 bits per heavy atom. The van der Waals surface area contributed by atoms with E-state index in [1.807, 2.05) is 0 Å². The van der Waals surface area contributed by atoms with E-state index < -0.39 is 10.8 Å². The topological polar surface area (TPSA) is 101 Å². The van der Waals surface area contributed by atoms with Crippen molar-refractivity contribution >= 4 is 29.0 Å². The van der Waals surface area contributed by atoms with Gasteiger partial charge in [0.15, 0.2) is 10.8 Å². The Morgan fingerprint density at radius 1 is 1.47 bits per heavy atom. The molecular formula is C11H9ClN4O3. The summed E-state index contributed by atoms with van der Waals surface area (Å²) in [6.45, 7) is 1.76. The van der Waals surface area contributed by atoms with Crippen molar-refractivity contribution in [3.63, 3.8) is 0 Å².